The first kappa shape index (κ1) is 54.9. The smallest absolute Gasteiger partial charge is 0.328 e. The van der Waals surface area contributed by atoms with Crippen LogP contribution in [0.2, 0.25) is 0 Å². The molecule has 5 fully saturated rings. The fraction of sp³-hybridized carbons (Fsp3) is 0.674. The van der Waals surface area contributed by atoms with Gasteiger partial charge in [0.25, 0.3) is 0 Å². The van der Waals surface area contributed by atoms with Crippen molar-refractivity contribution in [2.45, 2.75) is 132 Å². The molecule has 1 spiro atoms. The Balaban J connectivity index is 1.24. The number of carboxylic acid groups (broad SMARTS) is 1. The van der Waals surface area contributed by atoms with Crippen LogP contribution in [0.1, 0.15) is 40.5 Å². The molecule has 24 heteroatoms. The van der Waals surface area contributed by atoms with Crippen molar-refractivity contribution in [3.8, 4) is 0 Å². The zero-order valence-electron chi connectivity index (χ0n) is 38.6. The molecule has 6 rings (SSSR count). The summed E-state index contributed by atoms with van der Waals surface area (Å²) < 4.78 is 22.5. The van der Waals surface area contributed by atoms with Gasteiger partial charge in [-0.25, -0.2) is 4.79 Å². The Labute approximate surface area is 405 Å². The number of cyclic esters (lactones) is 1. The van der Waals surface area contributed by atoms with Gasteiger partial charge in [0.2, 0.25) is 11.8 Å². The minimum atomic E-state index is -2.42. The van der Waals surface area contributed by atoms with Crippen molar-refractivity contribution in [3.63, 3.8) is 0 Å². The van der Waals surface area contributed by atoms with E-state index in [0.717, 1.165) is 24.8 Å². The van der Waals surface area contributed by atoms with Crippen molar-refractivity contribution >= 4 is 53.1 Å². The van der Waals surface area contributed by atoms with Gasteiger partial charge in [-0.3, -0.25) is 28.8 Å². The normalized spacial score (nSPS) is 43.2. The summed E-state index contributed by atoms with van der Waals surface area (Å²) in [6.45, 7) is 4.75. The van der Waals surface area contributed by atoms with Gasteiger partial charge in [-0.15, -0.1) is 0 Å². The van der Waals surface area contributed by atoms with Crippen molar-refractivity contribution in [2.75, 3.05) is 18.1 Å². The lowest BCUT2D eigenvalue weighted by molar-refractivity contribution is -0.319. The summed E-state index contributed by atoms with van der Waals surface area (Å²) in [5.74, 6) is -10.6. The minimum Gasteiger partial charge on any atom is -0.478 e. The Morgan fingerprint density at radius 2 is 1.51 bits per heavy atom. The van der Waals surface area contributed by atoms with Gasteiger partial charge in [-0.1, -0.05) is 56.4 Å². The molecule has 2 heterocycles. The average Bonchev–Trinajstić information content (AvgIpc) is 3.55. The van der Waals surface area contributed by atoms with Crippen LogP contribution in [0.5, 0.6) is 0 Å². The number of carboxylic acids is 1. The van der Waals surface area contributed by atoms with Gasteiger partial charge in [-0.05, 0) is 24.7 Å². The van der Waals surface area contributed by atoms with E-state index >= 15 is 4.79 Å². The van der Waals surface area contributed by atoms with Crippen LogP contribution in [0.4, 0.5) is 0 Å². The van der Waals surface area contributed by atoms with Crippen molar-refractivity contribution in [2.24, 2.45) is 40.4 Å². The molecule has 4 aliphatic carbocycles. The zero-order valence-corrected chi connectivity index (χ0v) is 39.4. The summed E-state index contributed by atoms with van der Waals surface area (Å²) >= 11 is 0.843. The van der Waals surface area contributed by atoms with Crippen LogP contribution in [0, 0.1) is 40.4 Å². The Kier molecular flexibility index (Phi) is 17.4. The molecule has 2 aliphatic heterocycles. The number of carbonyl (C=O) groups is 7. The van der Waals surface area contributed by atoms with Crippen LogP contribution in [-0.2, 0) is 52.5 Å². The summed E-state index contributed by atoms with van der Waals surface area (Å²) in [5, 5.41) is 109. The Hall–Kier alpha value is -4.44. The van der Waals surface area contributed by atoms with E-state index in [9.17, 15) is 74.7 Å². The quantitative estimate of drug-likeness (QED) is 0.0244. The highest BCUT2D eigenvalue weighted by Crippen LogP contribution is 2.62. The van der Waals surface area contributed by atoms with E-state index in [1.807, 2.05) is 6.08 Å². The maximum Gasteiger partial charge on any atom is 0.328 e. The second-order valence-electron chi connectivity index (χ2n) is 19.0. The van der Waals surface area contributed by atoms with E-state index in [0.29, 0.717) is 0 Å². The number of Topliss-reactive ketones (excluding diaryl/α,β-unsaturated/α-hetero) is 2. The number of hydrogen-bond acceptors (Lipinski definition) is 21. The molecule has 0 aromatic carbocycles. The van der Waals surface area contributed by atoms with Crippen molar-refractivity contribution < 1.29 is 104 Å². The Morgan fingerprint density at radius 3 is 2.13 bits per heavy atom. The molecular weight excluding hydrogens is 949 g/mol. The van der Waals surface area contributed by atoms with E-state index in [-0.39, 0.29) is 24.3 Å². The Bertz CT molecular complexity index is 2120. The first-order valence-electron chi connectivity index (χ1n) is 22.8. The second kappa shape index (κ2) is 22.1. The second-order valence-corrected chi connectivity index (χ2v) is 20.1. The number of aliphatic carboxylic acids is 1. The molecule has 388 valence electrons. The van der Waals surface area contributed by atoms with Gasteiger partial charge in [-0.2, -0.15) is 11.8 Å². The molecule has 0 aromatic rings. The fourth-order valence-electron chi connectivity index (χ4n) is 10.9. The van der Waals surface area contributed by atoms with Gasteiger partial charge in [0.1, 0.15) is 73.1 Å². The third-order valence-corrected chi connectivity index (χ3v) is 15.9. The summed E-state index contributed by atoms with van der Waals surface area (Å²) in [7, 11) is 0. The number of esters is 2. The minimum absolute atomic E-state index is 0.0730. The van der Waals surface area contributed by atoms with Crippen molar-refractivity contribution in [3.05, 3.63) is 48.6 Å². The molecule has 70 heavy (non-hydrogen) atoms. The average molecular weight is 1010 g/mol. The van der Waals surface area contributed by atoms with Crippen LogP contribution in [0.15, 0.2) is 48.6 Å². The maximum absolute atomic E-state index is 15.5. The summed E-state index contributed by atoms with van der Waals surface area (Å²) in [6, 6.07) is -3.31. The number of allylic oxidation sites excluding steroid dienone is 6. The SMILES string of the molecule is CC(=O)N[C@H](CSC[C@@H]1OC(=O)[C@@]2(C1=O)C(=O)[C@@]1(C)[C@@H](C=C[C@H]3[C@H](O)[C@@H](C)[C@H](OC(C)=O)C[C@@H]31)C[C@H]2\C=C/C=C\C=C/C(=O)O)C(=O)N[C@H]1[C@@H](OC2[C@@H](O)[C@H](O)C(O)[C@H](O)[C@@H]2O)O[C@@H](CO)[C@@H](O)[C@@H]1O. The lowest BCUT2D eigenvalue weighted by atomic mass is 9.43. The monoisotopic (exact) mass is 1010 g/mol. The first-order chi connectivity index (χ1) is 32.9. The van der Waals surface area contributed by atoms with Crippen molar-refractivity contribution in [1.29, 1.82) is 0 Å². The van der Waals surface area contributed by atoms with Gasteiger partial charge in [0.15, 0.2) is 29.4 Å². The number of nitrogens with one attached hydrogen (secondary N) is 2. The highest BCUT2D eigenvalue weighted by Gasteiger charge is 2.74. The third-order valence-electron chi connectivity index (χ3n) is 14.8. The largest absolute Gasteiger partial charge is 0.478 e. The maximum atomic E-state index is 15.5. The van der Waals surface area contributed by atoms with Crippen molar-refractivity contribution in [1.82, 2.24) is 10.6 Å². The highest BCUT2D eigenvalue weighted by atomic mass is 32.2. The molecule has 22 atom stereocenters. The number of ether oxygens (including phenoxy) is 4. The van der Waals surface area contributed by atoms with Crippen LogP contribution >= 0.6 is 11.8 Å². The van der Waals surface area contributed by atoms with E-state index in [2.05, 4.69) is 10.6 Å². The molecule has 2 amide bonds. The molecule has 0 bridgehead atoms. The number of aliphatic hydroxyl groups is 9. The predicted octanol–water partition coefficient (Wildman–Crippen LogP) is -4.07. The van der Waals surface area contributed by atoms with E-state index < -0.39 is 180 Å². The molecule has 2 unspecified atom stereocenters. The molecule has 12 N–H and O–H groups in total. The van der Waals surface area contributed by atoms with Gasteiger partial charge in [0, 0.05) is 54.6 Å². The number of carbonyl (C=O) groups excluding carboxylic acids is 6. The van der Waals surface area contributed by atoms with Gasteiger partial charge >= 0.3 is 17.9 Å². The molecule has 0 radical (unpaired) electrons. The van der Waals surface area contributed by atoms with Crippen LogP contribution in [0.25, 0.3) is 0 Å². The topological polar surface area (TPSA) is 383 Å². The number of aliphatic hydroxyl groups excluding tert-OH is 9. The molecule has 2 saturated heterocycles. The number of amides is 2. The number of hydrogen-bond donors (Lipinski definition) is 12. The molecular formula is C46H62N2O21S. The summed E-state index contributed by atoms with van der Waals surface area (Å²) in [6.07, 6.45) is -11.2. The predicted molar refractivity (Wildman–Crippen MR) is 238 cm³/mol. The summed E-state index contributed by atoms with van der Waals surface area (Å²) in [5.41, 5.74) is -3.89. The van der Waals surface area contributed by atoms with Crippen LogP contribution < -0.4 is 10.6 Å². The molecule has 3 saturated carbocycles. The van der Waals surface area contributed by atoms with E-state index in [1.54, 1.807) is 19.9 Å². The van der Waals surface area contributed by atoms with E-state index in [1.165, 1.54) is 37.3 Å². The molecule has 0 aromatic heterocycles. The zero-order chi connectivity index (χ0) is 51.7. The van der Waals surface area contributed by atoms with E-state index in [4.69, 9.17) is 24.1 Å². The number of ketones is 2. The van der Waals surface area contributed by atoms with Gasteiger partial charge < -0.3 is 80.6 Å². The standard InChI is InChI=1S/C46H62N2O21S/c1-18-26(66-20(3)51)14-24-23(31(18)54)12-11-21-13-22(9-7-5-6-8-10-29(52)53)46(43(64)45(21,24)4)40(62)28(68-44(46)65)17-70-16-25(47-19(2)50)41(63)48-30-33(56)32(55)27(15-49)67-42(30)69-39-37(60)35(58)34(57)36(59)38(39)61/h5-12,18,21-28,30-39,42,49,54-61H,13-17H2,1-4H3,(H,47,50)(H,48,63)(H,52,53)/b6-5-,9-7-,10-8-/t18-,21-,22+,23+,24-,25+,26+,27-,28-,30+,31+,32+,33+,34?,35-,36+,37-,38-,39?,42+,45-,46-/m0/s1. The molecule has 6 aliphatic rings. The highest BCUT2D eigenvalue weighted by molar-refractivity contribution is 7.99. The van der Waals surface area contributed by atoms with Gasteiger partial charge in [0.05, 0.1) is 12.7 Å². The third kappa shape index (κ3) is 10.3. The Morgan fingerprint density at radius 1 is 0.871 bits per heavy atom. The van der Waals surface area contributed by atoms with Crippen LogP contribution in [-0.4, -0.2) is 202 Å². The molecule has 23 nitrogen and oxygen atoms in total. The lowest BCUT2D eigenvalue weighted by Crippen LogP contribution is -2.69. The number of rotatable bonds is 15. The lowest BCUT2D eigenvalue weighted by Gasteiger charge is -2.58. The number of thioether (sulfide) groups is 1. The fourth-order valence-corrected chi connectivity index (χ4v) is 12.0. The summed E-state index contributed by atoms with van der Waals surface area (Å²) in [4.78, 5) is 94.3. The first-order valence-corrected chi connectivity index (χ1v) is 24.0. The van der Waals surface area contributed by atoms with Crippen LogP contribution in [0.3, 0.4) is 0 Å². The number of fused-ring (bicyclic) bond motifs is 3.